The molecule has 108 valence electrons. The third-order valence-electron chi connectivity index (χ3n) is 4.88. The molecular formula is C16H29N3. The maximum atomic E-state index is 6.07. The van der Waals surface area contributed by atoms with Gasteiger partial charge in [-0.05, 0) is 50.1 Å². The quantitative estimate of drug-likeness (QED) is 0.850. The summed E-state index contributed by atoms with van der Waals surface area (Å²) in [6, 6.07) is 2.75. The second-order valence-corrected chi connectivity index (χ2v) is 6.20. The summed E-state index contributed by atoms with van der Waals surface area (Å²) in [6.45, 7) is 5.28. The minimum absolute atomic E-state index is 0.325. The zero-order valence-corrected chi connectivity index (χ0v) is 12.6. The van der Waals surface area contributed by atoms with Crippen LogP contribution in [0.5, 0.6) is 0 Å². The van der Waals surface area contributed by atoms with Crippen LogP contribution in [0.2, 0.25) is 0 Å². The fourth-order valence-electron chi connectivity index (χ4n) is 3.48. The molecule has 1 fully saturated rings. The highest BCUT2D eigenvalue weighted by molar-refractivity contribution is 5.05. The van der Waals surface area contributed by atoms with Gasteiger partial charge in [0.05, 0.1) is 11.7 Å². The summed E-state index contributed by atoms with van der Waals surface area (Å²) >= 11 is 0. The van der Waals surface area contributed by atoms with E-state index in [-0.39, 0.29) is 0 Å². The summed E-state index contributed by atoms with van der Waals surface area (Å²) in [5.41, 5.74) is 7.63. The van der Waals surface area contributed by atoms with E-state index in [1.807, 2.05) is 0 Å². The maximum absolute atomic E-state index is 6.07. The third-order valence-corrected chi connectivity index (χ3v) is 4.88. The van der Waals surface area contributed by atoms with Crippen molar-refractivity contribution < 1.29 is 0 Å². The fourth-order valence-corrected chi connectivity index (χ4v) is 3.48. The van der Waals surface area contributed by atoms with E-state index in [0.717, 1.165) is 25.8 Å². The van der Waals surface area contributed by atoms with Crippen molar-refractivity contribution >= 4 is 0 Å². The molecule has 0 bridgehead atoms. The zero-order valence-electron chi connectivity index (χ0n) is 12.6. The Morgan fingerprint density at radius 1 is 1.26 bits per heavy atom. The SMILES string of the molecule is CCC(CC)n1ccc(CC2(CN)CCCCC2)n1. The van der Waals surface area contributed by atoms with Crippen molar-refractivity contribution in [1.29, 1.82) is 0 Å². The zero-order chi connectivity index (χ0) is 13.7. The van der Waals surface area contributed by atoms with Crippen molar-refractivity contribution in [1.82, 2.24) is 9.78 Å². The second kappa shape index (κ2) is 6.56. The molecule has 1 saturated carbocycles. The van der Waals surface area contributed by atoms with Gasteiger partial charge in [-0.15, -0.1) is 0 Å². The molecule has 2 N–H and O–H groups in total. The first-order chi connectivity index (χ1) is 9.23. The Bertz CT molecular complexity index is 373. The molecule has 0 radical (unpaired) electrons. The van der Waals surface area contributed by atoms with Gasteiger partial charge < -0.3 is 5.73 Å². The van der Waals surface area contributed by atoms with Gasteiger partial charge in [-0.2, -0.15) is 5.10 Å². The summed E-state index contributed by atoms with van der Waals surface area (Å²) in [7, 11) is 0. The molecule has 0 aliphatic heterocycles. The lowest BCUT2D eigenvalue weighted by molar-refractivity contribution is 0.195. The molecule has 1 aromatic rings. The van der Waals surface area contributed by atoms with Gasteiger partial charge in [-0.25, -0.2) is 0 Å². The molecule has 1 aromatic heterocycles. The number of nitrogens with zero attached hydrogens (tertiary/aromatic N) is 2. The van der Waals surface area contributed by atoms with E-state index >= 15 is 0 Å². The van der Waals surface area contributed by atoms with E-state index in [0.29, 0.717) is 11.5 Å². The van der Waals surface area contributed by atoms with Gasteiger partial charge >= 0.3 is 0 Å². The van der Waals surface area contributed by atoms with Crippen molar-refractivity contribution in [3.63, 3.8) is 0 Å². The summed E-state index contributed by atoms with van der Waals surface area (Å²) in [4.78, 5) is 0. The second-order valence-electron chi connectivity index (χ2n) is 6.20. The minimum atomic E-state index is 0.325. The monoisotopic (exact) mass is 263 g/mol. The van der Waals surface area contributed by atoms with Crippen LogP contribution in [0.15, 0.2) is 12.3 Å². The third kappa shape index (κ3) is 3.38. The summed E-state index contributed by atoms with van der Waals surface area (Å²) in [5.74, 6) is 0. The maximum Gasteiger partial charge on any atom is 0.0630 e. The lowest BCUT2D eigenvalue weighted by atomic mass is 9.71. The van der Waals surface area contributed by atoms with Crippen molar-refractivity contribution in [2.24, 2.45) is 11.1 Å². The molecule has 0 unspecified atom stereocenters. The molecule has 0 saturated heterocycles. The average molecular weight is 263 g/mol. The normalized spacial score (nSPS) is 18.9. The van der Waals surface area contributed by atoms with Gasteiger partial charge in [0.25, 0.3) is 0 Å². The Kier molecular flexibility index (Phi) is 5.03. The molecule has 0 spiro atoms. The predicted octanol–water partition coefficient (Wildman–Crippen LogP) is 3.70. The Morgan fingerprint density at radius 3 is 2.53 bits per heavy atom. The molecule has 19 heavy (non-hydrogen) atoms. The first-order valence-electron chi connectivity index (χ1n) is 7.97. The topological polar surface area (TPSA) is 43.8 Å². The van der Waals surface area contributed by atoms with Gasteiger partial charge in [0.15, 0.2) is 0 Å². The van der Waals surface area contributed by atoms with Gasteiger partial charge in [-0.3, -0.25) is 4.68 Å². The van der Waals surface area contributed by atoms with E-state index in [1.165, 1.54) is 37.8 Å². The number of rotatable bonds is 6. The van der Waals surface area contributed by atoms with Gasteiger partial charge in [0.2, 0.25) is 0 Å². The number of nitrogens with two attached hydrogens (primary N) is 1. The van der Waals surface area contributed by atoms with Crippen LogP contribution in [-0.2, 0) is 6.42 Å². The summed E-state index contributed by atoms with van der Waals surface area (Å²) < 4.78 is 2.16. The summed E-state index contributed by atoms with van der Waals surface area (Å²) in [6.07, 6.45) is 12.1. The van der Waals surface area contributed by atoms with Crippen LogP contribution >= 0.6 is 0 Å². The van der Waals surface area contributed by atoms with E-state index < -0.39 is 0 Å². The highest BCUT2D eigenvalue weighted by Gasteiger charge is 2.31. The highest BCUT2D eigenvalue weighted by Crippen LogP contribution is 2.38. The van der Waals surface area contributed by atoms with E-state index in [4.69, 9.17) is 10.8 Å². The lowest BCUT2D eigenvalue weighted by Gasteiger charge is -2.35. The van der Waals surface area contributed by atoms with Crippen molar-refractivity contribution in [2.75, 3.05) is 6.54 Å². The Morgan fingerprint density at radius 2 is 1.95 bits per heavy atom. The molecule has 3 nitrogen and oxygen atoms in total. The minimum Gasteiger partial charge on any atom is -0.330 e. The van der Waals surface area contributed by atoms with Gasteiger partial charge in [-0.1, -0.05) is 33.1 Å². The molecular weight excluding hydrogens is 234 g/mol. The first kappa shape index (κ1) is 14.6. The molecule has 1 heterocycles. The fraction of sp³-hybridized carbons (Fsp3) is 0.812. The van der Waals surface area contributed by atoms with Crippen LogP contribution in [0.25, 0.3) is 0 Å². The molecule has 3 heteroatoms. The molecule has 0 atom stereocenters. The van der Waals surface area contributed by atoms with Crippen molar-refractivity contribution in [3.05, 3.63) is 18.0 Å². The van der Waals surface area contributed by atoms with Crippen LogP contribution < -0.4 is 5.73 Å². The van der Waals surface area contributed by atoms with Gasteiger partial charge in [0.1, 0.15) is 0 Å². The molecule has 1 aliphatic carbocycles. The number of aromatic nitrogens is 2. The van der Waals surface area contributed by atoms with Crippen LogP contribution in [0, 0.1) is 5.41 Å². The first-order valence-corrected chi connectivity index (χ1v) is 7.97. The number of hydrogen-bond acceptors (Lipinski definition) is 2. The average Bonchev–Trinajstić information content (AvgIpc) is 2.89. The van der Waals surface area contributed by atoms with Crippen LogP contribution in [0.1, 0.15) is 70.5 Å². The summed E-state index contributed by atoms with van der Waals surface area (Å²) in [5, 5.41) is 4.80. The Labute approximate surface area is 117 Å². The van der Waals surface area contributed by atoms with E-state index in [9.17, 15) is 0 Å². The highest BCUT2D eigenvalue weighted by atomic mass is 15.3. The van der Waals surface area contributed by atoms with Crippen molar-refractivity contribution in [2.45, 2.75) is 71.3 Å². The largest absolute Gasteiger partial charge is 0.330 e. The van der Waals surface area contributed by atoms with Crippen LogP contribution in [-0.4, -0.2) is 16.3 Å². The van der Waals surface area contributed by atoms with Crippen molar-refractivity contribution in [3.8, 4) is 0 Å². The van der Waals surface area contributed by atoms with Gasteiger partial charge in [0, 0.05) is 6.20 Å². The van der Waals surface area contributed by atoms with Crippen LogP contribution in [0.3, 0.4) is 0 Å². The lowest BCUT2D eigenvalue weighted by Crippen LogP contribution is -2.35. The predicted molar refractivity (Wildman–Crippen MR) is 80.1 cm³/mol. The van der Waals surface area contributed by atoms with E-state index in [1.54, 1.807) is 0 Å². The van der Waals surface area contributed by atoms with Crippen LogP contribution in [0.4, 0.5) is 0 Å². The molecule has 0 amide bonds. The Balaban J connectivity index is 2.05. The Hall–Kier alpha value is -0.830. The molecule has 1 aliphatic rings. The molecule has 2 rings (SSSR count). The standard InChI is InChI=1S/C16H29N3/c1-3-15(4-2)19-11-8-14(18-19)12-16(13-17)9-6-5-7-10-16/h8,11,15H,3-7,9-10,12-13,17H2,1-2H3. The van der Waals surface area contributed by atoms with E-state index in [2.05, 4.69) is 30.8 Å². The molecule has 0 aromatic carbocycles. The number of hydrogen-bond donors (Lipinski definition) is 1. The smallest absolute Gasteiger partial charge is 0.0630 e.